The molecule has 0 spiro atoms. The summed E-state index contributed by atoms with van der Waals surface area (Å²) in [7, 11) is 0. The van der Waals surface area contributed by atoms with Crippen molar-refractivity contribution in [3.8, 4) is 5.88 Å². The summed E-state index contributed by atoms with van der Waals surface area (Å²) < 4.78 is 14.0. The molecule has 3 aromatic rings. The van der Waals surface area contributed by atoms with Gasteiger partial charge in [0, 0.05) is 23.9 Å². The standard InChI is InChI=1S/C20H25N7O3/c1-11-8-13(26-25-11)24-18(28)15-14-16(21)22-10-23-17(14)27(20(2)5-6-20)19(15)30-9-12-4-3-7-29-12/h8,10,12H,3-7,9H2,1-2H3,(H2,21,22,23)(H2,24,25,26,28)/t12-/m1/s1. The smallest absolute Gasteiger partial charge is 0.263 e. The van der Waals surface area contributed by atoms with Crippen LogP contribution >= 0.6 is 0 Å². The van der Waals surface area contributed by atoms with Crippen LogP contribution in [0, 0.1) is 6.92 Å². The Balaban J connectivity index is 1.62. The van der Waals surface area contributed by atoms with E-state index in [-0.39, 0.29) is 23.4 Å². The molecule has 1 aliphatic carbocycles. The van der Waals surface area contributed by atoms with Gasteiger partial charge in [0.05, 0.1) is 11.5 Å². The minimum absolute atomic E-state index is 0.0109. The van der Waals surface area contributed by atoms with Crippen molar-refractivity contribution in [3.05, 3.63) is 23.7 Å². The van der Waals surface area contributed by atoms with Gasteiger partial charge in [0.15, 0.2) is 5.82 Å². The van der Waals surface area contributed by atoms with Crippen LogP contribution in [-0.4, -0.2) is 50.0 Å². The molecule has 1 aliphatic heterocycles. The minimum atomic E-state index is -0.363. The molecule has 1 saturated heterocycles. The van der Waals surface area contributed by atoms with Crippen LogP contribution in [0.15, 0.2) is 12.4 Å². The van der Waals surface area contributed by atoms with E-state index in [1.54, 1.807) is 6.07 Å². The number of amides is 1. The van der Waals surface area contributed by atoms with E-state index < -0.39 is 0 Å². The van der Waals surface area contributed by atoms with Gasteiger partial charge < -0.3 is 20.5 Å². The summed E-state index contributed by atoms with van der Waals surface area (Å²) in [5.74, 6) is 0.764. The predicted octanol–water partition coefficient (Wildman–Crippen LogP) is 2.36. The van der Waals surface area contributed by atoms with E-state index >= 15 is 0 Å². The van der Waals surface area contributed by atoms with Gasteiger partial charge >= 0.3 is 0 Å². The third kappa shape index (κ3) is 3.17. The molecular formula is C20H25N7O3. The van der Waals surface area contributed by atoms with Crippen molar-refractivity contribution in [2.45, 2.75) is 51.2 Å². The zero-order valence-corrected chi connectivity index (χ0v) is 17.1. The number of aromatic amines is 1. The number of anilines is 2. The molecule has 0 radical (unpaired) electrons. The molecule has 4 heterocycles. The van der Waals surface area contributed by atoms with E-state index in [9.17, 15) is 4.79 Å². The van der Waals surface area contributed by atoms with Gasteiger partial charge in [-0.2, -0.15) is 5.10 Å². The lowest BCUT2D eigenvalue weighted by Crippen LogP contribution is -2.22. The first kappa shape index (κ1) is 18.9. The van der Waals surface area contributed by atoms with Crippen molar-refractivity contribution in [2.24, 2.45) is 0 Å². The van der Waals surface area contributed by atoms with Crippen molar-refractivity contribution in [1.29, 1.82) is 0 Å². The number of carbonyl (C=O) groups is 1. The fourth-order valence-electron chi connectivity index (χ4n) is 3.97. The molecule has 1 saturated carbocycles. The molecule has 1 amide bonds. The Morgan fingerprint density at radius 1 is 1.47 bits per heavy atom. The number of fused-ring (bicyclic) bond motifs is 1. The van der Waals surface area contributed by atoms with Gasteiger partial charge in [-0.05, 0) is 39.5 Å². The molecule has 10 nitrogen and oxygen atoms in total. The van der Waals surface area contributed by atoms with Gasteiger partial charge in [-0.3, -0.25) is 14.5 Å². The number of aryl methyl sites for hydroxylation is 1. The third-order valence-electron chi connectivity index (χ3n) is 5.85. The summed E-state index contributed by atoms with van der Waals surface area (Å²) in [6.45, 7) is 5.09. The number of H-pyrrole nitrogens is 1. The maximum atomic E-state index is 13.4. The maximum Gasteiger partial charge on any atom is 0.263 e. The van der Waals surface area contributed by atoms with E-state index in [1.165, 1.54) is 6.33 Å². The van der Waals surface area contributed by atoms with Crippen molar-refractivity contribution < 1.29 is 14.3 Å². The normalized spacial score (nSPS) is 19.9. The Hall–Kier alpha value is -3.14. The zero-order valence-electron chi connectivity index (χ0n) is 17.1. The van der Waals surface area contributed by atoms with Crippen molar-refractivity contribution in [2.75, 3.05) is 24.3 Å². The molecule has 158 valence electrons. The zero-order chi connectivity index (χ0) is 20.9. The molecular weight excluding hydrogens is 386 g/mol. The summed E-state index contributed by atoms with van der Waals surface area (Å²) in [4.78, 5) is 22.0. The highest BCUT2D eigenvalue weighted by atomic mass is 16.5. The molecule has 2 aliphatic rings. The van der Waals surface area contributed by atoms with Gasteiger partial charge in [-0.25, -0.2) is 9.97 Å². The minimum Gasteiger partial charge on any atom is -0.475 e. The quantitative estimate of drug-likeness (QED) is 0.567. The summed E-state index contributed by atoms with van der Waals surface area (Å²) >= 11 is 0. The second-order valence-electron chi connectivity index (χ2n) is 8.31. The highest BCUT2D eigenvalue weighted by Crippen LogP contribution is 2.50. The lowest BCUT2D eigenvalue weighted by molar-refractivity contribution is 0.0636. The number of rotatable bonds is 6. The fourth-order valence-corrected chi connectivity index (χ4v) is 3.97. The molecule has 2 fully saturated rings. The second kappa shape index (κ2) is 6.98. The molecule has 30 heavy (non-hydrogen) atoms. The fraction of sp³-hybridized carbons (Fsp3) is 0.500. The molecule has 4 N–H and O–H groups in total. The Kier molecular flexibility index (Phi) is 4.39. The van der Waals surface area contributed by atoms with Crippen LogP contribution in [-0.2, 0) is 10.3 Å². The van der Waals surface area contributed by atoms with Gasteiger partial charge in [-0.15, -0.1) is 0 Å². The first-order valence-electron chi connectivity index (χ1n) is 10.2. The van der Waals surface area contributed by atoms with Gasteiger partial charge in [-0.1, -0.05) is 0 Å². The van der Waals surface area contributed by atoms with Crippen LogP contribution < -0.4 is 15.8 Å². The molecule has 0 aromatic carbocycles. The first-order chi connectivity index (χ1) is 14.5. The average Bonchev–Trinajstić information content (AvgIpc) is 3.10. The highest BCUT2D eigenvalue weighted by Gasteiger charge is 2.45. The molecule has 0 unspecified atom stereocenters. The van der Waals surface area contributed by atoms with Crippen LogP contribution in [0.1, 0.15) is 48.7 Å². The number of nitrogen functional groups attached to an aromatic ring is 1. The Morgan fingerprint density at radius 3 is 2.97 bits per heavy atom. The van der Waals surface area contributed by atoms with Crippen LogP contribution in [0.2, 0.25) is 0 Å². The largest absolute Gasteiger partial charge is 0.475 e. The molecule has 0 bridgehead atoms. The van der Waals surface area contributed by atoms with Crippen molar-refractivity contribution in [3.63, 3.8) is 0 Å². The Labute approximate surface area is 173 Å². The van der Waals surface area contributed by atoms with Gasteiger partial charge in [0.25, 0.3) is 5.91 Å². The van der Waals surface area contributed by atoms with Crippen LogP contribution in [0.5, 0.6) is 5.88 Å². The van der Waals surface area contributed by atoms with Gasteiger partial charge in [0.1, 0.15) is 30.0 Å². The maximum absolute atomic E-state index is 13.4. The topological polar surface area (TPSA) is 133 Å². The van der Waals surface area contributed by atoms with Crippen molar-refractivity contribution >= 4 is 28.6 Å². The molecule has 5 rings (SSSR count). The van der Waals surface area contributed by atoms with Crippen LogP contribution in [0.4, 0.5) is 11.6 Å². The van der Waals surface area contributed by atoms with Gasteiger partial charge in [0.2, 0.25) is 5.88 Å². The summed E-state index contributed by atoms with van der Waals surface area (Å²) in [5.41, 5.74) is 7.81. The highest BCUT2D eigenvalue weighted by molar-refractivity contribution is 6.16. The van der Waals surface area contributed by atoms with Crippen LogP contribution in [0.3, 0.4) is 0 Å². The summed E-state index contributed by atoms with van der Waals surface area (Å²) in [6.07, 6.45) is 5.32. The average molecular weight is 411 g/mol. The van der Waals surface area contributed by atoms with E-state index in [0.29, 0.717) is 34.9 Å². The van der Waals surface area contributed by atoms with E-state index in [4.69, 9.17) is 15.2 Å². The molecule has 3 aromatic heterocycles. The number of hydrogen-bond donors (Lipinski definition) is 3. The number of hydrogen-bond acceptors (Lipinski definition) is 7. The lowest BCUT2D eigenvalue weighted by atomic mass is 10.2. The summed E-state index contributed by atoms with van der Waals surface area (Å²) in [5, 5.41) is 10.3. The monoisotopic (exact) mass is 411 g/mol. The third-order valence-corrected chi connectivity index (χ3v) is 5.85. The van der Waals surface area contributed by atoms with E-state index in [1.807, 2.05) is 11.5 Å². The van der Waals surface area contributed by atoms with Crippen LogP contribution in [0.25, 0.3) is 11.0 Å². The molecule has 10 heteroatoms. The van der Waals surface area contributed by atoms with E-state index in [2.05, 4.69) is 32.4 Å². The SMILES string of the molecule is Cc1cc(NC(=O)c2c(OC[C@H]3CCCO3)n(C3(C)CC3)c3ncnc(N)c23)n[nH]1. The van der Waals surface area contributed by atoms with E-state index in [0.717, 1.165) is 38.0 Å². The molecule has 1 atom stereocenters. The Bertz CT molecular complexity index is 1110. The first-order valence-corrected chi connectivity index (χ1v) is 10.2. The number of nitrogens with zero attached hydrogens (tertiary/aromatic N) is 4. The predicted molar refractivity (Wildman–Crippen MR) is 111 cm³/mol. The Morgan fingerprint density at radius 2 is 2.30 bits per heavy atom. The number of aromatic nitrogens is 5. The van der Waals surface area contributed by atoms with Crippen molar-refractivity contribution in [1.82, 2.24) is 24.7 Å². The number of ether oxygens (including phenoxy) is 2. The second-order valence-corrected chi connectivity index (χ2v) is 8.31. The number of nitrogens with two attached hydrogens (primary N) is 1. The number of carbonyl (C=O) groups excluding carboxylic acids is 1. The number of nitrogens with one attached hydrogen (secondary N) is 2. The lowest BCUT2D eigenvalue weighted by Gasteiger charge is -2.19. The summed E-state index contributed by atoms with van der Waals surface area (Å²) in [6, 6.07) is 1.76.